The van der Waals surface area contributed by atoms with Crippen LogP contribution in [0.15, 0.2) is 35.8 Å². The SMILES string of the molecule is O=C(OCc1nccs1)N1C[C@H]2CC(Oc3ccc(Cl)cc3)C[C@H]2C1. The maximum Gasteiger partial charge on any atom is 0.410 e. The summed E-state index contributed by atoms with van der Waals surface area (Å²) in [5.74, 6) is 1.84. The highest BCUT2D eigenvalue weighted by Gasteiger charge is 2.43. The normalized spacial score (nSPS) is 25.0. The highest BCUT2D eigenvalue weighted by atomic mass is 35.5. The maximum atomic E-state index is 12.2. The van der Waals surface area contributed by atoms with E-state index >= 15 is 0 Å². The van der Waals surface area contributed by atoms with Crippen molar-refractivity contribution < 1.29 is 14.3 Å². The Morgan fingerprint density at radius 3 is 2.60 bits per heavy atom. The topological polar surface area (TPSA) is 51.7 Å². The zero-order valence-corrected chi connectivity index (χ0v) is 15.2. The van der Waals surface area contributed by atoms with Gasteiger partial charge in [0.2, 0.25) is 0 Å². The Kier molecular flexibility index (Phi) is 4.81. The van der Waals surface area contributed by atoms with E-state index in [-0.39, 0.29) is 18.8 Å². The third-order valence-electron chi connectivity index (χ3n) is 4.88. The Labute approximate surface area is 155 Å². The van der Waals surface area contributed by atoms with Gasteiger partial charge in [-0.25, -0.2) is 9.78 Å². The lowest BCUT2D eigenvalue weighted by atomic mass is 10.0. The van der Waals surface area contributed by atoms with Crippen LogP contribution in [-0.4, -0.2) is 35.2 Å². The fraction of sp³-hybridized carbons (Fsp3) is 0.444. The standard InChI is InChI=1S/C18H19ClN2O3S/c19-14-1-3-15(4-2-14)24-16-7-12-9-21(10-13(12)8-16)18(22)23-11-17-20-5-6-25-17/h1-6,12-13,16H,7-11H2/t12-,13+,16?. The summed E-state index contributed by atoms with van der Waals surface area (Å²) in [4.78, 5) is 18.2. The van der Waals surface area contributed by atoms with Gasteiger partial charge in [-0.2, -0.15) is 0 Å². The molecule has 2 aliphatic rings. The molecule has 2 fully saturated rings. The van der Waals surface area contributed by atoms with Crippen molar-refractivity contribution in [1.82, 2.24) is 9.88 Å². The molecular weight excluding hydrogens is 360 g/mol. The van der Waals surface area contributed by atoms with Crippen molar-refractivity contribution in [2.24, 2.45) is 11.8 Å². The highest BCUT2D eigenvalue weighted by molar-refractivity contribution is 7.09. The summed E-state index contributed by atoms with van der Waals surface area (Å²) in [5.41, 5.74) is 0. The number of rotatable bonds is 4. The molecule has 1 aliphatic carbocycles. The molecule has 2 aromatic rings. The average Bonchev–Trinajstić information content (AvgIpc) is 3.31. The van der Waals surface area contributed by atoms with Gasteiger partial charge in [-0.3, -0.25) is 0 Å². The number of carbonyl (C=O) groups is 1. The van der Waals surface area contributed by atoms with Crippen molar-refractivity contribution >= 4 is 29.0 Å². The van der Waals surface area contributed by atoms with Crippen LogP contribution < -0.4 is 4.74 Å². The first-order chi connectivity index (χ1) is 12.2. The first-order valence-electron chi connectivity index (χ1n) is 8.39. The molecule has 1 saturated carbocycles. The quantitative estimate of drug-likeness (QED) is 0.799. The van der Waals surface area contributed by atoms with Crippen LogP contribution in [-0.2, 0) is 11.3 Å². The molecule has 2 heterocycles. The Morgan fingerprint density at radius 2 is 1.96 bits per heavy atom. The van der Waals surface area contributed by atoms with Crippen molar-refractivity contribution in [3.05, 3.63) is 45.9 Å². The minimum absolute atomic E-state index is 0.213. The van der Waals surface area contributed by atoms with Gasteiger partial charge in [0.1, 0.15) is 17.4 Å². The molecule has 25 heavy (non-hydrogen) atoms. The monoisotopic (exact) mass is 378 g/mol. The average molecular weight is 379 g/mol. The molecule has 1 aromatic carbocycles. The fourth-order valence-corrected chi connectivity index (χ4v) is 4.39. The van der Waals surface area contributed by atoms with E-state index < -0.39 is 0 Å². The molecule has 0 radical (unpaired) electrons. The molecular formula is C18H19ClN2O3S. The second kappa shape index (κ2) is 7.22. The van der Waals surface area contributed by atoms with Crippen molar-refractivity contribution in [1.29, 1.82) is 0 Å². The first kappa shape index (κ1) is 16.7. The Bertz CT molecular complexity index is 708. The van der Waals surface area contributed by atoms with Crippen LogP contribution in [0, 0.1) is 11.8 Å². The summed E-state index contributed by atoms with van der Waals surface area (Å²) in [6.07, 6.45) is 3.64. The molecule has 1 aliphatic heterocycles. The smallest absolute Gasteiger partial charge is 0.410 e. The summed E-state index contributed by atoms with van der Waals surface area (Å²) < 4.78 is 11.4. The summed E-state index contributed by atoms with van der Waals surface area (Å²) in [7, 11) is 0. The Morgan fingerprint density at radius 1 is 1.24 bits per heavy atom. The van der Waals surface area contributed by atoms with Crippen LogP contribution >= 0.6 is 22.9 Å². The van der Waals surface area contributed by atoms with E-state index in [0.717, 1.165) is 36.7 Å². The van der Waals surface area contributed by atoms with Gasteiger partial charge in [0, 0.05) is 29.7 Å². The zero-order valence-electron chi connectivity index (χ0n) is 13.6. The number of benzene rings is 1. The molecule has 7 heteroatoms. The second-order valence-electron chi connectivity index (χ2n) is 6.57. The second-order valence-corrected chi connectivity index (χ2v) is 7.99. The Hall–Kier alpha value is -1.79. The van der Waals surface area contributed by atoms with Gasteiger partial charge in [0.05, 0.1) is 6.10 Å². The molecule has 1 saturated heterocycles. The molecule has 3 atom stereocenters. The highest BCUT2D eigenvalue weighted by Crippen LogP contribution is 2.40. The lowest BCUT2D eigenvalue weighted by Crippen LogP contribution is -2.31. The molecule has 0 bridgehead atoms. The Balaban J connectivity index is 1.25. The number of amides is 1. The number of halogens is 1. The number of aromatic nitrogens is 1. The third kappa shape index (κ3) is 3.90. The summed E-state index contributed by atoms with van der Waals surface area (Å²) in [5, 5.41) is 3.41. The minimum atomic E-state index is -0.236. The molecule has 1 unspecified atom stereocenters. The molecule has 1 amide bonds. The van der Waals surface area contributed by atoms with Crippen LogP contribution in [0.5, 0.6) is 5.75 Å². The molecule has 5 nitrogen and oxygen atoms in total. The molecule has 0 N–H and O–H groups in total. The number of nitrogens with zero attached hydrogens (tertiary/aromatic N) is 2. The van der Waals surface area contributed by atoms with Gasteiger partial charge in [0.25, 0.3) is 0 Å². The summed E-state index contributed by atoms with van der Waals surface area (Å²) >= 11 is 7.40. The van der Waals surface area contributed by atoms with Crippen LogP contribution in [0.1, 0.15) is 17.8 Å². The van der Waals surface area contributed by atoms with Gasteiger partial charge in [-0.15, -0.1) is 11.3 Å². The fourth-order valence-electron chi connectivity index (χ4n) is 3.73. The van der Waals surface area contributed by atoms with Crippen molar-refractivity contribution in [3.8, 4) is 5.75 Å². The molecule has 132 valence electrons. The molecule has 4 rings (SSSR count). The predicted octanol–water partition coefficient (Wildman–Crippen LogP) is 4.22. The number of hydrogen-bond donors (Lipinski definition) is 0. The van der Waals surface area contributed by atoms with Crippen LogP contribution in [0.2, 0.25) is 5.02 Å². The van der Waals surface area contributed by atoms with E-state index in [9.17, 15) is 4.79 Å². The number of fused-ring (bicyclic) bond motifs is 1. The van der Waals surface area contributed by atoms with Gasteiger partial charge in [-0.05, 0) is 48.9 Å². The van der Waals surface area contributed by atoms with Crippen LogP contribution in [0.25, 0.3) is 0 Å². The maximum absolute atomic E-state index is 12.2. The molecule has 1 aromatic heterocycles. The van der Waals surface area contributed by atoms with Gasteiger partial charge >= 0.3 is 6.09 Å². The lowest BCUT2D eigenvalue weighted by Gasteiger charge is -2.19. The number of ether oxygens (including phenoxy) is 2. The van der Waals surface area contributed by atoms with E-state index in [1.165, 1.54) is 11.3 Å². The first-order valence-corrected chi connectivity index (χ1v) is 9.65. The number of likely N-dealkylation sites (tertiary alicyclic amines) is 1. The van der Waals surface area contributed by atoms with Crippen LogP contribution in [0.4, 0.5) is 4.79 Å². The van der Waals surface area contributed by atoms with E-state index in [1.54, 1.807) is 6.20 Å². The number of carbonyl (C=O) groups excluding carboxylic acids is 1. The van der Waals surface area contributed by atoms with E-state index in [1.807, 2.05) is 34.5 Å². The summed E-state index contributed by atoms with van der Waals surface area (Å²) in [6, 6.07) is 7.48. The largest absolute Gasteiger partial charge is 0.490 e. The number of thiazole rings is 1. The van der Waals surface area contributed by atoms with E-state index in [2.05, 4.69) is 4.98 Å². The van der Waals surface area contributed by atoms with Crippen molar-refractivity contribution in [2.75, 3.05) is 13.1 Å². The van der Waals surface area contributed by atoms with E-state index in [0.29, 0.717) is 16.9 Å². The summed E-state index contributed by atoms with van der Waals surface area (Å²) in [6.45, 7) is 1.76. The van der Waals surface area contributed by atoms with Crippen molar-refractivity contribution in [3.63, 3.8) is 0 Å². The zero-order chi connectivity index (χ0) is 17.2. The molecule has 0 spiro atoms. The third-order valence-corrected chi connectivity index (χ3v) is 5.89. The van der Waals surface area contributed by atoms with Gasteiger partial charge in [0.15, 0.2) is 0 Å². The van der Waals surface area contributed by atoms with Crippen LogP contribution in [0.3, 0.4) is 0 Å². The predicted molar refractivity (Wildman–Crippen MR) is 96.0 cm³/mol. The van der Waals surface area contributed by atoms with E-state index in [4.69, 9.17) is 21.1 Å². The van der Waals surface area contributed by atoms with Gasteiger partial charge in [-0.1, -0.05) is 11.6 Å². The minimum Gasteiger partial charge on any atom is -0.490 e. The number of hydrogen-bond acceptors (Lipinski definition) is 5. The lowest BCUT2D eigenvalue weighted by molar-refractivity contribution is 0.0985. The van der Waals surface area contributed by atoms with Crippen molar-refractivity contribution in [2.45, 2.75) is 25.6 Å². The van der Waals surface area contributed by atoms with Gasteiger partial charge < -0.3 is 14.4 Å².